The molecule has 1 aliphatic rings. The van der Waals surface area contributed by atoms with E-state index < -0.39 is 11.9 Å². The van der Waals surface area contributed by atoms with E-state index in [0.717, 1.165) is 25.5 Å². The summed E-state index contributed by atoms with van der Waals surface area (Å²) >= 11 is 3.29. The number of carbonyl (C=O) groups excluding carboxylic acids is 1. The fourth-order valence-electron chi connectivity index (χ4n) is 2.83. The number of amides is 1. The van der Waals surface area contributed by atoms with Crippen LogP contribution in [0.15, 0.2) is 35.2 Å². The maximum atomic E-state index is 12.5. The van der Waals surface area contributed by atoms with Crippen LogP contribution in [0.1, 0.15) is 35.4 Å². The Hall–Kier alpha value is -2.23. The van der Waals surface area contributed by atoms with E-state index in [4.69, 9.17) is 0 Å². The molecule has 0 spiro atoms. The van der Waals surface area contributed by atoms with Crippen molar-refractivity contribution >= 4 is 27.7 Å². The Labute approximate surface area is 155 Å². The molecule has 1 amide bonds. The van der Waals surface area contributed by atoms with Crippen LogP contribution >= 0.6 is 15.9 Å². The molecule has 1 unspecified atom stereocenters. The molecule has 2 aromatic heterocycles. The molecule has 0 bridgehead atoms. The Morgan fingerprint density at radius 3 is 2.58 bits per heavy atom. The SMILES string of the molecule is O=C(NC1CCC[C@@H]1Nc1cnc(C(F)(F)F)cn1)c1ncccc1Br. The van der Waals surface area contributed by atoms with E-state index >= 15 is 0 Å². The molecular formula is C16H15BrF3N5O. The molecule has 2 aromatic rings. The lowest BCUT2D eigenvalue weighted by atomic mass is 10.1. The van der Waals surface area contributed by atoms with Crippen LogP contribution in [0.25, 0.3) is 0 Å². The van der Waals surface area contributed by atoms with Crippen molar-refractivity contribution < 1.29 is 18.0 Å². The van der Waals surface area contributed by atoms with Crippen LogP contribution in [0.5, 0.6) is 0 Å². The summed E-state index contributed by atoms with van der Waals surface area (Å²) in [5.74, 6) is -0.0714. The third kappa shape index (κ3) is 4.29. The number of hydrogen-bond donors (Lipinski definition) is 2. The van der Waals surface area contributed by atoms with Crippen LogP contribution in [0, 0.1) is 0 Å². The standard InChI is InChI=1S/C16H15BrF3N5O/c17-9-3-2-6-21-14(9)15(26)25-11-5-1-4-10(11)24-13-8-22-12(7-23-13)16(18,19)20/h2-3,6-8,10-11H,1,4-5H2,(H,23,24)(H,25,26)/t10-,11?/m0/s1. The lowest BCUT2D eigenvalue weighted by Crippen LogP contribution is -2.43. The van der Waals surface area contributed by atoms with Crippen molar-refractivity contribution in [2.24, 2.45) is 0 Å². The second-order valence-corrected chi connectivity index (χ2v) is 6.73. The number of hydrogen-bond acceptors (Lipinski definition) is 5. The smallest absolute Gasteiger partial charge is 0.364 e. The van der Waals surface area contributed by atoms with Gasteiger partial charge >= 0.3 is 6.18 Å². The molecule has 10 heteroatoms. The van der Waals surface area contributed by atoms with Gasteiger partial charge in [0.05, 0.1) is 12.4 Å². The normalized spacial score (nSPS) is 20.0. The van der Waals surface area contributed by atoms with E-state index in [0.29, 0.717) is 10.7 Å². The predicted molar refractivity (Wildman–Crippen MR) is 91.5 cm³/mol. The third-order valence-electron chi connectivity index (χ3n) is 4.08. The predicted octanol–water partition coefficient (Wildman–Crippen LogP) is 3.42. The first-order valence-electron chi connectivity index (χ1n) is 7.92. The Morgan fingerprint density at radius 1 is 1.15 bits per heavy atom. The topological polar surface area (TPSA) is 79.8 Å². The van der Waals surface area contributed by atoms with Gasteiger partial charge in [0, 0.05) is 22.8 Å². The van der Waals surface area contributed by atoms with E-state index in [9.17, 15) is 18.0 Å². The van der Waals surface area contributed by atoms with E-state index in [1.807, 2.05) is 0 Å². The van der Waals surface area contributed by atoms with Gasteiger partial charge in [0.25, 0.3) is 5.91 Å². The minimum absolute atomic E-state index is 0.146. The van der Waals surface area contributed by atoms with Gasteiger partial charge in [-0.2, -0.15) is 13.2 Å². The van der Waals surface area contributed by atoms with Crippen LogP contribution in [0.3, 0.4) is 0 Å². The summed E-state index contributed by atoms with van der Waals surface area (Å²) in [6.45, 7) is 0. The van der Waals surface area contributed by atoms with Gasteiger partial charge in [0.2, 0.25) is 0 Å². The highest BCUT2D eigenvalue weighted by molar-refractivity contribution is 9.10. The van der Waals surface area contributed by atoms with Gasteiger partial charge in [-0.25, -0.2) is 15.0 Å². The highest BCUT2D eigenvalue weighted by Crippen LogP contribution is 2.28. The van der Waals surface area contributed by atoms with Crippen molar-refractivity contribution in [3.63, 3.8) is 0 Å². The number of alkyl halides is 3. The van der Waals surface area contributed by atoms with Gasteiger partial charge in [-0.3, -0.25) is 4.79 Å². The van der Waals surface area contributed by atoms with Gasteiger partial charge in [-0.05, 0) is 47.3 Å². The molecule has 3 rings (SSSR count). The van der Waals surface area contributed by atoms with Crippen molar-refractivity contribution in [2.45, 2.75) is 37.5 Å². The molecule has 1 saturated carbocycles. The Bertz CT molecular complexity index is 784. The number of aromatic nitrogens is 3. The van der Waals surface area contributed by atoms with Crippen molar-refractivity contribution in [2.75, 3.05) is 5.32 Å². The summed E-state index contributed by atoms with van der Waals surface area (Å²) in [5.41, 5.74) is -0.758. The molecule has 1 aliphatic carbocycles. The molecule has 26 heavy (non-hydrogen) atoms. The quantitative estimate of drug-likeness (QED) is 0.778. The summed E-state index contributed by atoms with van der Waals surface area (Å²) in [6.07, 6.45) is 1.14. The van der Waals surface area contributed by atoms with Crippen LogP contribution in [0.4, 0.5) is 19.0 Å². The number of anilines is 1. The average Bonchev–Trinajstić information content (AvgIpc) is 3.01. The van der Waals surface area contributed by atoms with E-state index in [1.165, 1.54) is 6.20 Å². The Kier molecular flexibility index (Phi) is 5.40. The molecule has 2 N–H and O–H groups in total. The molecule has 0 aromatic carbocycles. The van der Waals surface area contributed by atoms with Crippen molar-refractivity contribution in [3.8, 4) is 0 Å². The first kappa shape index (κ1) is 18.6. The monoisotopic (exact) mass is 429 g/mol. The molecule has 138 valence electrons. The number of pyridine rings is 1. The van der Waals surface area contributed by atoms with Crippen LogP contribution in [0.2, 0.25) is 0 Å². The summed E-state index contributed by atoms with van der Waals surface area (Å²) in [5, 5.41) is 5.97. The van der Waals surface area contributed by atoms with Gasteiger partial charge in [-0.15, -0.1) is 0 Å². The second kappa shape index (κ2) is 7.56. The van der Waals surface area contributed by atoms with Gasteiger partial charge in [0.15, 0.2) is 5.69 Å². The summed E-state index contributed by atoms with van der Waals surface area (Å²) in [4.78, 5) is 23.6. The highest BCUT2D eigenvalue weighted by atomic mass is 79.9. The first-order chi connectivity index (χ1) is 12.3. The molecule has 1 fully saturated rings. The fourth-order valence-corrected chi connectivity index (χ4v) is 3.27. The van der Waals surface area contributed by atoms with Crippen LogP contribution in [-0.2, 0) is 6.18 Å². The molecule has 0 saturated heterocycles. The fraction of sp³-hybridized carbons (Fsp3) is 0.375. The van der Waals surface area contributed by atoms with Gasteiger partial charge < -0.3 is 10.6 Å². The maximum absolute atomic E-state index is 12.5. The number of nitrogens with zero attached hydrogens (tertiary/aromatic N) is 3. The van der Waals surface area contributed by atoms with E-state index in [-0.39, 0.29) is 29.5 Å². The van der Waals surface area contributed by atoms with Crippen LogP contribution < -0.4 is 10.6 Å². The lowest BCUT2D eigenvalue weighted by molar-refractivity contribution is -0.141. The van der Waals surface area contributed by atoms with Gasteiger partial charge in [0.1, 0.15) is 11.5 Å². The zero-order valence-electron chi connectivity index (χ0n) is 13.4. The molecular weight excluding hydrogens is 415 g/mol. The van der Waals surface area contributed by atoms with Crippen LogP contribution in [-0.4, -0.2) is 32.9 Å². The number of rotatable bonds is 4. The van der Waals surface area contributed by atoms with E-state index in [2.05, 4.69) is 41.5 Å². The zero-order valence-corrected chi connectivity index (χ0v) is 15.0. The highest BCUT2D eigenvalue weighted by Gasteiger charge is 2.33. The minimum Gasteiger partial charge on any atom is -0.364 e. The maximum Gasteiger partial charge on any atom is 0.434 e. The molecule has 6 nitrogen and oxygen atoms in total. The first-order valence-corrected chi connectivity index (χ1v) is 8.71. The molecule has 2 heterocycles. The van der Waals surface area contributed by atoms with Crippen molar-refractivity contribution in [1.29, 1.82) is 0 Å². The van der Waals surface area contributed by atoms with Crippen molar-refractivity contribution in [3.05, 3.63) is 46.6 Å². The average molecular weight is 430 g/mol. The largest absolute Gasteiger partial charge is 0.434 e. The number of nitrogens with one attached hydrogen (secondary N) is 2. The zero-order chi connectivity index (χ0) is 18.7. The third-order valence-corrected chi connectivity index (χ3v) is 4.72. The number of halogens is 4. The Morgan fingerprint density at radius 2 is 1.92 bits per heavy atom. The Balaban J connectivity index is 1.65. The summed E-state index contributed by atoms with van der Waals surface area (Å²) in [6, 6.07) is 3.11. The van der Waals surface area contributed by atoms with Crippen molar-refractivity contribution in [1.82, 2.24) is 20.3 Å². The lowest BCUT2D eigenvalue weighted by Gasteiger charge is -2.22. The second-order valence-electron chi connectivity index (χ2n) is 5.88. The molecule has 0 radical (unpaired) electrons. The minimum atomic E-state index is -4.52. The van der Waals surface area contributed by atoms with E-state index in [1.54, 1.807) is 12.1 Å². The molecule has 2 atom stereocenters. The summed E-state index contributed by atoms with van der Waals surface area (Å²) in [7, 11) is 0. The number of carbonyl (C=O) groups is 1. The molecule has 0 aliphatic heterocycles. The summed E-state index contributed by atoms with van der Waals surface area (Å²) < 4.78 is 38.2. The van der Waals surface area contributed by atoms with Gasteiger partial charge in [-0.1, -0.05) is 0 Å².